The second-order valence-corrected chi connectivity index (χ2v) is 6.59. The zero-order chi connectivity index (χ0) is 15.4. The zero-order valence-electron chi connectivity index (χ0n) is 12.1. The molecule has 0 amide bonds. The van der Waals surface area contributed by atoms with Crippen LogP contribution in [0.1, 0.15) is 25.5 Å². The van der Waals surface area contributed by atoms with Gasteiger partial charge in [-0.3, -0.25) is 0 Å². The van der Waals surface area contributed by atoms with E-state index >= 15 is 0 Å². The molecule has 0 saturated heterocycles. The maximum absolute atomic E-state index is 13.3. The molecule has 2 unspecified atom stereocenters. The summed E-state index contributed by atoms with van der Waals surface area (Å²) in [5.74, 6) is -1.35. The molecule has 0 spiro atoms. The van der Waals surface area contributed by atoms with E-state index in [1.807, 2.05) is 30.3 Å². The number of nitrogens with two attached hydrogens (primary N) is 1. The molecule has 0 saturated carbocycles. The highest BCUT2D eigenvalue weighted by molar-refractivity contribution is 8.00. The van der Waals surface area contributed by atoms with Crippen LogP contribution in [0.4, 0.5) is 8.78 Å². The van der Waals surface area contributed by atoms with Gasteiger partial charge < -0.3 is 5.73 Å². The van der Waals surface area contributed by atoms with Crippen molar-refractivity contribution in [1.82, 2.24) is 0 Å². The number of rotatable bonds is 5. The van der Waals surface area contributed by atoms with Crippen molar-refractivity contribution in [3.05, 3.63) is 65.7 Å². The molecular formula is C17H19F2NS. The van der Waals surface area contributed by atoms with Gasteiger partial charge in [-0.1, -0.05) is 44.2 Å². The summed E-state index contributed by atoms with van der Waals surface area (Å²) in [6.45, 7) is 4.17. The summed E-state index contributed by atoms with van der Waals surface area (Å²) in [6.07, 6.45) is 0. The van der Waals surface area contributed by atoms with Crippen LogP contribution in [-0.2, 0) is 0 Å². The van der Waals surface area contributed by atoms with E-state index in [9.17, 15) is 8.78 Å². The normalized spacial score (nSPS) is 14.2. The molecule has 112 valence electrons. The fraction of sp³-hybridized carbons (Fsp3) is 0.294. The summed E-state index contributed by atoms with van der Waals surface area (Å²) in [4.78, 5) is 0.694. The minimum atomic E-state index is -0.826. The Morgan fingerprint density at radius 3 is 2.19 bits per heavy atom. The summed E-state index contributed by atoms with van der Waals surface area (Å²) >= 11 is 1.49. The van der Waals surface area contributed by atoms with Crippen LogP contribution in [0.2, 0.25) is 0 Å². The van der Waals surface area contributed by atoms with Crippen LogP contribution >= 0.6 is 11.8 Å². The fourth-order valence-electron chi connectivity index (χ4n) is 2.20. The van der Waals surface area contributed by atoms with Gasteiger partial charge in [0.1, 0.15) is 0 Å². The molecule has 0 aromatic heterocycles. The van der Waals surface area contributed by atoms with Gasteiger partial charge in [0.15, 0.2) is 11.6 Å². The van der Waals surface area contributed by atoms with Gasteiger partial charge in [-0.25, -0.2) is 8.78 Å². The molecule has 21 heavy (non-hydrogen) atoms. The Labute approximate surface area is 128 Å². The monoisotopic (exact) mass is 307 g/mol. The molecule has 4 heteroatoms. The molecule has 0 bridgehead atoms. The topological polar surface area (TPSA) is 26.0 Å². The first kappa shape index (κ1) is 16.0. The predicted octanol–water partition coefficient (Wildman–Crippen LogP) is 4.78. The molecule has 2 N–H and O–H groups in total. The van der Waals surface area contributed by atoms with E-state index in [1.165, 1.54) is 17.8 Å². The maximum atomic E-state index is 13.3. The molecule has 2 aromatic rings. The molecule has 0 radical (unpaired) electrons. The maximum Gasteiger partial charge on any atom is 0.159 e. The number of benzene rings is 2. The van der Waals surface area contributed by atoms with Gasteiger partial charge in [0.25, 0.3) is 0 Å². The molecule has 2 aromatic carbocycles. The van der Waals surface area contributed by atoms with E-state index in [0.717, 1.165) is 11.6 Å². The van der Waals surface area contributed by atoms with Gasteiger partial charge in [0.05, 0.1) is 0 Å². The fourth-order valence-corrected chi connectivity index (χ4v) is 3.40. The Kier molecular flexibility index (Phi) is 5.37. The Morgan fingerprint density at radius 1 is 0.952 bits per heavy atom. The first-order valence-electron chi connectivity index (χ1n) is 6.91. The van der Waals surface area contributed by atoms with E-state index in [1.54, 1.807) is 6.07 Å². The smallest absolute Gasteiger partial charge is 0.159 e. The van der Waals surface area contributed by atoms with Gasteiger partial charge in [0.2, 0.25) is 0 Å². The quantitative estimate of drug-likeness (QED) is 0.804. The first-order valence-corrected chi connectivity index (χ1v) is 7.79. The van der Waals surface area contributed by atoms with Gasteiger partial charge >= 0.3 is 0 Å². The summed E-state index contributed by atoms with van der Waals surface area (Å²) in [6, 6.07) is 13.7. The van der Waals surface area contributed by atoms with Crippen molar-refractivity contribution in [2.45, 2.75) is 30.0 Å². The SMILES string of the molecule is CC(C)C(Sc1ccc(F)c(F)c1)C(N)c1ccccc1. The zero-order valence-corrected chi connectivity index (χ0v) is 12.9. The van der Waals surface area contributed by atoms with Gasteiger partial charge in [-0.05, 0) is 29.7 Å². The Balaban J connectivity index is 2.21. The van der Waals surface area contributed by atoms with Crippen molar-refractivity contribution in [3.63, 3.8) is 0 Å². The molecular weight excluding hydrogens is 288 g/mol. The average molecular weight is 307 g/mol. The van der Waals surface area contributed by atoms with Crippen molar-refractivity contribution < 1.29 is 8.78 Å². The third-order valence-electron chi connectivity index (χ3n) is 3.36. The lowest BCUT2D eigenvalue weighted by atomic mass is 9.97. The molecule has 2 atom stereocenters. The van der Waals surface area contributed by atoms with E-state index in [-0.39, 0.29) is 11.3 Å². The molecule has 0 fully saturated rings. The summed E-state index contributed by atoms with van der Waals surface area (Å²) in [7, 11) is 0. The second kappa shape index (κ2) is 7.05. The largest absolute Gasteiger partial charge is 0.323 e. The van der Waals surface area contributed by atoms with E-state index < -0.39 is 11.6 Å². The second-order valence-electron chi connectivity index (χ2n) is 5.34. The lowest BCUT2D eigenvalue weighted by Crippen LogP contribution is -2.28. The molecule has 0 heterocycles. The predicted molar refractivity (Wildman–Crippen MR) is 84.2 cm³/mol. The Hall–Kier alpha value is -1.39. The molecule has 0 aliphatic carbocycles. The van der Waals surface area contributed by atoms with E-state index in [4.69, 9.17) is 5.73 Å². The van der Waals surface area contributed by atoms with Crippen molar-refractivity contribution >= 4 is 11.8 Å². The minimum absolute atomic E-state index is 0.0808. The lowest BCUT2D eigenvalue weighted by Gasteiger charge is -2.27. The standard InChI is InChI=1S/C17H19F2NS/c1-11(2)17(16(20)12-6-4-3-5-7-12)21-13-8-9-14(18)15(19)10-13/h3-11,16-17H,20H2,1-2H3. The van der Waals surface area contributed by atoms with Crippen LogP contribution in [0.15, 0.2) is 53.4 Å². The third-order valence-corrected chi connectivity index (χ3v) is 4.99. The van der Waals surface area contributed by atoms with Crippen LogP contribution in [0.3, 0.4) is 0 Å². The van der Waals surface area contributed by atoms with Crippen LogP contribution in [-0.4, -0.2) is 5.25 Å². The van der Waals surface area contributed by atoms with Gasteiger partial charge in [0, 0.05) is 16.2 Å². The number of halogens is 2. The highest BCUT2D eigenvalue weighted by Crippen LogP contribution is 2.36. The van der Waals surface area contributed by atoms with Crippen LogP contribution in [0.5, 0.6) is 0 Å². The van der Waals surface area contributed by atoms with Crippen LogP contribution < -0.4 is 5.73 Å². The molecule has 2 rings (SSSR count). The molecule has 0 aliphatic rings. The summed E-state index contributed by atoms with van der Waals surface area (Å²) < 4.78 is 26.3. The van der Waals surface area contributed by atoms with Crippen molar-refractivity contribution in [2.75, 3.05) is 0 Å². The number of thioether (sulfide) groups is 1. The van der Waals surface area contributed by atoms with E-state index in [0.29, 0.717) is 10.8 Å². The average Bonchev–Trinajstić information content (AvgIpc) is 2.48. The van der Waals surface area contributed by atoms with Gasteiger partial charge in [-0.15, -0.1) is 11.8 Å². The van der Waals surface area contributed by atoms with E-state index in [2.05, 4.69) is 13.8 Å². The van der Waals surface area contributed by atoms with Crippen molar-refractivity contribution in [1.29, 1.82) is 0 Å². The lowest BCUT2D eigenvalue weighted by molar-refractivity contribution is 0.505. The molecule has 1 nitrogen and oxygen atoms in total. The van der Waals surface area contributed by atoms with Crippen LogP contribution in [0.25, 0.3) is 0 Å². The summed E-state index contributed by atoms with van der Waals surface area (Å²) in [5, 5.41) is 0.0808. The first-order chi connectivity index (χ1) is 9.99. The Morgan fingerprint density at radius 2 is 1.62 bits per heavy atom. The highest BCUT2D eigenvalue weighted by Gasteiger charge is 2.24. The van der Waals surface area contributed by atoms with Crippen molar-refractivity contribution in [2.24, 2.45) is 11.7 Å². The van der Waals surface area contributed by atoms with Crippen molar-refractivity contribution in [3.8, 4) is 0 Å². The summed E-state index contributed by atoms with van der Waals surface area (Å²) in [5.41, 5.74) is 7.41. The number of hydrogen-bond acceptors (Lipinski definition) is 2. The van der Waals surface area contributed by atoms with Gasteiger partial charge in [-0.2, -0.15) is 0 Å². The van der Waals surface area contributed by atoms with Crippen LogP contribution in [0, 0.1) is 17.6 Å². The Bertz CT molecular complexity index is 587. The minimum Gasteiger partial charge on any atom is -0.323 e. The highest BCUT2D eigenvalue weighted by atomic mass is 32.2. The third kappa shape index (κ3) is 4.05. The number of hydrogen-bond donors (Lipinski definition) is 1. The molecule has 0 aliphatic heterocycles.